The van der Waals surface area contributed by atoms with Gasteiger partial charge < -0.3 is 4.90 Å². The van der Waals surface area contributed by atoms with Gasteiger partial charge in [-0.05, 0) is 28.8 Å². The van der Waals surface area contributed by atoms with Crippen LogP contribution in [0.3, 0.4) is 0 Å². The van der Waals surface area contributed by atoms with Crippen LogP contribution in [0.25, 0.3) is 0 Å². The van der Waals surface area contributed by atoms with Crippen LogP contribution in [0.4, 0.5) is 0 Å². The number of rotatable bonds is 1. The molecule has 0 N–H and O–H groups in total. The monoisotopic (exact) mass is 306 g/mol. The Morgan fingerprint density at radius 2 is 2.40 bits per heavy atom. The zero-order valence-corrected chi connectivity index (χ0v) is 11.0. The zero-order valence-electron chi connectivity index (χ0n) is 7.80. The molecule has 80 valence electrons. The number of thiazole rings is 1. The van der Waals surface area contributed by atoms with Crippen molar-refractivity contribution in [1.82, 2.24) is 9.88 Å². The molecular weight excluding hydrogens is 300 g/mol. The average Bonchev–Trinajstić information content (AvgIpc) is 2.68. The maximum Gasteiger partial charge on any atom is 0.226 e. The molecule has 0 saturated carbocycles. The van der Waals surface area contributed by atoms with Gasteiger partial charge in [-0.2, -0.15) is 0 Å². The van der Waals surface area contributed by atoms with Crippen molar-refractivity contribution in [1.29, 1.82) is 0 Å². The lowest BCUT2D eigenvalue weighted by Gasteiger charge is -2.45. The van der Waals surface area contributed by atoms with Crippen LogP contribution < -0.4 is 0 Å². The highest BCUT2D eigenvalue weighted by atomic mass is 79.9. The highest BCUT2D eigenvalue weighted by molar-refractivity contribution is 9.11. The first-order valence-corrected chi connectivity index (χ1v) is 6.75. The van der Waals surface area contributed by atoms with Crippen LogP contribution in [0.5, 0.6) is 0 Å². The number of hydrogen-bond donors (Lipinski definition) is 0. The molecule has 2 saturated heterocycles. The summed E-state index contributed by atoms with van der Waals surface area (Å²) in [7, 11) is 0. The molecule has 1 aromatic rings. The first kappa shape index (κ1) is 10.1. The molecule has 6 heteroatoms. The molecule has 1 unspecified atom stereocenters. The van der Waals surface area contributed by atoms with Crippen LogP contribution in [-0.4, -0.2) is 22.3 Å². The molecule has 0 aliphatic carbocycles. The first-order valence-electron chi connectivity index (χ1n) is 4.76. The molecule has 0 bridgehead atoms. The molecule has 15 heavy (non-hydrogen) atoms. The van der Waals surface area contributed by atoms with E-state index in [1.165, 1.54) is 0 Å². The predicted molar refractivity (Wildman–Crippen MR) is 62.1 cm³/mol. The SMILES string of the molecule is O=C1CC2(c3nc(Cl)c(Br)s3)CCCN12. The van der Waals surface area contributed by atoms with E-state index in [2.05, 4.69) is 20.9 Å². The molecule has 0 aromatic carbocycles. The van der Waals surface area contributed by atoms with E-state index < -0.39 is 0 Å². The molecule has 2 aliphatic heterocycles. The number of fused-ring (bicyclic) bond motifs is 1. The van der Waals surface area contributed by atoms with Gasteiger partial charge in [0.1, 0.15) is 14.3 Å². The second kappa shape index (κ2) is 3.18. The average molecular weight is 308 g/mol. The molecule has 3 heterocycles. The van der Waals surface area contributed by atoms with E-state index in [0.29, 0.717) is 11.6 Å². The predicted octanol–water partition coefficient (Wildman–Crippen LogP) is 2.78. The quantitative estimate of drug-likeness (QED) is 0.748. The summed E-state index contributed by atoms with van der Waals surface area (Å²) >= 11 is 10.8. The van der Waals surface area contributed by atoms with E-state index >= 15 is 0 Å². The van der Waals surface area contributed by atoms with Gasteiger partial charge >= 0.3 is 0 Å². The third-order valence-electron chi connectivity index (χ3n) is 3.18. The van der Waals surface area contributed by atoms with E-state index in [1.54, 1.807) is 11.3 Å². The molecule has 0 radical (unpaired) electrons. The van der Waals surface area contributed by atoms with Crippen molar-refractivity contribution in [2.45, 2.75) is 24.8 Å². The van der Waals surface area contributed by atoms with E-state index in [4.69, 9.17) is 11.6 Å². The number of β-lactam (4-membered cyclic amide) rings is 1. The minimum Gasteiger partial charge on any atom is -0.330 e. The van der Waals surface area contributed by atoms with Crippen molar-refractivity contribution >= 4 is 44.8 Å². The summed E-state index contributed by atoms with van der Waals surface area (Å²) in [6, 6.07) is 0. The van der Waals surface area contributed by atoms with Gasteiger partial charge in [-0.25, -0.2) is 4.98 Å². The number of hydrogen-bond acceptors (Lipinski definition) is 3. The van der Waals surface area contributed by atoms with Gasteiger partial charge in [-0.1, -0.05) is 11.6 Å². The Balaban J connectivity index is 2.03. The maximum absolute atomic E-state index is 11.4. The van der Waals surface area contributed by atoms with Gasteiger partial charge in [0.05, 0.1) is 6.42 Å². The molecule has 3 rings (SSSR count). The van der Waals surface area contributed by atoms with Crippen molar-refractivity contribution in [3.05, 3.63) is 13.9 Å². The van der Waals surface area contributed by atoms with Gasteiger partial charge in [0.2, 0.25) is 5.91 Å². The van der Waals surface area contributed by atoms with Crippen molar-refractivity contribution in [2.24, 2.45) is 0 Å². The standard InChI is InChI=1S/C9H8BrClN2OS/c10-6-7(11)12-8(15-6)9-2-1-3-13(9)5(14)4-9/h1-4H2. The Morgan fingerprint density at radius 1 is 1.60 bits per heavy atom. The normalized spacial score (nSPS) is 29.2. The van der Waals surface area contributed by atoms with Crippen LogP contribution in [0.2, 0.25) is 5.15 Å². The molecule has 1 aromatic heterocycles. The Bertz CT molecular complexity index is 430. The highest BCUT2D eigenvalue weighted by Gasteiger charge is 2.56. The van der Waals surface area contributed by atoms with Crippen molar-refractivity contribution < 1.29 is 4.79 Å². The molecule has 1 atom stereocenters. The summed E-state index contributed by atoms with van der Waals surface area (Å²) < 4.78 is 0.861. The van der Waals surface area contributed by atoms with Gasteiger partial charge in [0.25, 0.3) is 0 Å². The largest absolute Gasteiger partial charge is 0.330 e. The van der Waals surface area contributed by atoms with Gasteiger partial charge in [-0.3, -0.25) is 4.79 Å². The molecule has 2 fully saturated rings. The number of aromatic nitrogens is 1. The van der Waals surface area contributed by atoms with E-state index in [1.807, 2.05) is 4.90 Å². The minimum atomic E-state index is -0.114. The lowest BCUT2D eigenvalue weighted by atomic mass is 9.85. The lowest BCUT2D eigenvalue weighted by Crippen LogP contribution is -2.57. The zero-order chi connectivity index (χ0) is 10.6. The fourth-order valence-electron chi connectivity index (χ4n) is 2.46. The lowest BCUT2D eigenvalue weighted by molar-refractivity contribution is -0.153. The van der Waals surface area contributed by atoms with Gasteiger partial charge in [0.15, 0.2) is 5.15 Å². The van der Waals surface area contributed by atoms with Gasteiger partial charge in [-0.15, -0.1) is 11.3 Å². The van der Waals surface area contributed by atoms with Crippen LogP contribution >= 0.6 is 38.9 Å². The smallest absolute Gasteiger partial charge is 0.226 e. The minimum absolute atomic E-state index is 0.114. The number of nitrogens with zero attached hydrogens (tertiary/aromatic N) is 2. The number of carbonyl (C=O) groups is 1. The molecular formula is C9H8BrClN2OS. The number of carbonyl (C=O) groups excluding carboxylic acids is 1. The van der Waals surface area contributed by atoms with Crippen LogP contribution in [0, 0.1) is 0 Å². The Kier molecular flexibility index (Phi) is 2.13. The maximum atomic E-state index is 11.4. The third kappa shape index (κ3) is 1.23. The Hall–Kier alpha value is -0.130. The second-order valence-electron chi connectivity index (χ2n) is 3.94. The number of halogens is 2. The summed E-state index contributed by atoms with van der Waals surface area (Å²) in [4.78, 5) is 17.7. The molecule has 0 spiro atoms. The van der Waals surface area contributed by atoms with E-state index in [-0.39, 0.29) is 11.4 Å². The molecule has 2 aliphatic rings. The first-order chi connectivity index (χ1) is 7.13. The second-order valence-corrected chi connectivity index (χ2v) is 6.62. The summed E-state index contributed by atoms with van der Waals surface area (Å²) in [5.74, 6) is 0.245. The van der Waals surface area contributed by atoms with Crippen LogP contribution in [0.1, 0.15) is 24.3 Å². The molecule has 1 amide bonds. The highest BCUT2D eigenvalue weighted by Crippen LogP contribution is 2.51. The fraction of sp³-hybridized carbons (Fsp3) is 0.556. The van der Waals surface area contributed by atoms with Crippen molar-refractivity contribution in [2.75, 3.05) is 6.54 Å². The summed E-state index contributed by atoms with van der Waals surface area (Å²) in [5, 5.41) is 1.49. The number of amides is 1. The van der Waals surface area contributed by atoms with Crippen LogP contribution in [-0.2, 0) is 10.3 Å². The topological polar surface area (TPSA) is 33.2 Å². The summed E-state index contributed by atoms with van der Waals surface area (Å²) in [6.45, 7) is 0.869. The third-order valence-corrected chi connectivity index (χ3v) is 5.69. The molecule has 3 nitrogen and oxygen atoms in total. The van der Waals surface area contributed by atoms with E-state index in [0.717, 1.165) is 28.2 Å². The summed E-state index contributed by atoms with van der Waals surface area (Å²) in [6.07, 6.45) is 2.69. The van der Waals surface area contributed by atoms with Crippen molar-refractivity contribution in [3.8, 4) is 0 Å². The van der Waals surface area contributed by atoms with Crippen molar-refractivity contribution in [3.63, 3.8) is 0 Å². The fourth-order valence-corrected chi connectivity index (χ4v) is 4.17. The Labute approximate surface area is 105 Å². The Morgan fingerprint density at radius 3 is 3.00 bits per heavy atom. The summed E-state index contributed by atoms with van der Waals surface area (Å²) in [5.41, 5.74) is -0.114. The van der Waals surface area contributed by atoms with E-state index in [9.17, 15) is 4.79 Å². The van der Waals surface area contributed by atoms with Gasteiger partial charge in [0, 0.05) is 6.54 Å². The van der Waals surface area contributed by atoms with Crippen LogP contribution in [0.15, 0.2) is 3.79 Å².